The summed E-state index contributed by atoms with van der Waals surface area (Å²) in [6.07, 6.45) is 0. The molecule has 1 atom stereocenters. The Labute approximate surface area is 143 Å². The molecule has 2 rings (SSSR count). The van der Waals surface area contributed by atoms with E-state index in [1.807, 2.05) is 6.92 Å². The maximum Gasteiger partial charge on any atom is 0.244 e. The molecule has 0 bridgehead atoms. The highest BCUT2D eigenvalue weighted by Gasteiger charge is 2.31. The van der Waals surface area contributed by atoms with Crippen molar-refractivity contribution >= 4 is 61.6 Å². The third-order valence-electron chi connectivity index (χ3n) is 2.95. The van der Waals surface area contributed by atoms with Gasteiger partial charge < -0.3 is 5.32 Å². The first-order valence-electron chi connectivity index (χ1n) is 5.71. The molecule has 4 nitrogen and oxygen atoms in total. The van der Waals surface area contributed by atoms with Gasteiger partial charge in [-0.05, 0) is 35.0 Å². The number of rotatable bonds is 2. The first-order valence-corrected chi connectivity index (χ1v) is 8.70. The zero-order valence-corrected chi connectivity index (χ0v) is 15.3. The number of piperazine rings is 1. The highest BCUT2D eigenvalue weighted by atomic mass is 79.9. The summed E-state index contributed by atoms with van der Waals surface area (Å²) in [6.45, 7) is 3.42. The van der Waals surface area contributed by atoms with E-state index in [0.717, 1.165) is 0 Å². The topological polar surface area (TPSA) is 49.4 Å². The highest BCUT2D eigenvalue weighted by Crippen LogP contribution is 2.36. The van der Waals surface area contributed by atoms with Crippen molar-refractivity contribution in [2.24, 2.45) is 0 Å². The Bertz CT molecular complexity index is 598. The van der Waals surface area contributed by atoms with E-state index < -0.39 is 10.0 Å². The molecule has 1 aromatic rings. The number of halogens is 4. The number of nitrogens with zero attached hydrogens (tertiary/aromatic N) is 1. The van der Waals surface area contributed by atoms with Gasteiger partial charge in [0.25, 0.3) is 0 Å². The summed E-state index contributed by atoms with van der Waals surface area (Å²) in [6, 6.07) is 3.18. The Morgan fingerprint density at radius 1 is 1.35 bits per heavy atom. The predicted molar refractivity (Wildman–Crippen MR) is 87.6 cm³/mol. The van der Waals surface area contributed by atoms with Crippen LogP contribution < -0.4 is 5.32 Å². The van der Waals surface area contributed by atoms with E-state index in [1.165, 1.54) is 10.4 Å². The molecule has 0 amide bonds. The van der Waals surface area contributed by atoms with E-state index in [0.29, 0.717) is 24.1 Å². The average Bonchev–Trinajstić information content (AvgIpc) is 2.36. The summed E-state index contributed by atoms with van der Waals surface area (Å²) in [7, 11) is -3.61. The lowest BCUT2D eigenvalue weighted by Crippen LogP contribution is -2.51. The molecule has 1 saturated heterocycles. The third kappa shape index (κ3) is 3.61. The standard InChI is InChI=1S/C11H13BrCl2N2O2S.ClH/c1-7-6-16(5-4-15-7)19(17,18)9-3-2-8(12)10(13)11(9)14;/h2-3,7,15H,4-6H2,1H3;1H. The second-order valence-electron chi connectivity index (χ2n) is 4.39. The molecular weight excluding hydrogens is 410 g/mol. The van der Waals surface area contributed by atoms with Crippen molar-refractivity contribution in [1.82, 2.24) is 9.62 Å². The van der Waals surface area contributed by atoms with E-state index in [4.69, 9.17) is 23.2 Å². The number of hydrogen-bond donors (Lipinski definition) is 1. The normalized spacial score (nSPS) is 20.5. The van der Waals surface area contributed by atoms with E-state index in [9.17, 15) is 8.42 Å². The minimum atomic E-state index is -3.61. The molecular formula is C11H14BrCl3N2O2S. The Morgan fingerprint density at radius 3 is 2.60 bits per heavy atom. The highest BCUT2D eigenvalue weighted by molar-refractivity contribution is 9.10. The van der Waals surface area contributed by atoms with Crippen molar-refractivity contribution in [1.29, 1.82) is 0 Å². The monoisotopic (exact) mass is 422 g/mol. The molecule has 1 N–H and O–H groups in total. The molecule has 0 aromatic heterocycles. The molecule has 9 heteroatoms. The van der Waals surface area contributed by atoms with Gasteiger partial charge in [0.1, 0.15) is 4.90 Å². The molecule has 114 valence electrons. The van der Waals surface area contributed by atoms with Crippen LogP contribution in [0.2, 0.25) is 10.0 Å². The van der Waals surface area contributed by atoms with Gasteiger partial charge in [0.05, 0.1) is 10.0 Å². The lowest BCUT2D eigenvalue weighted by atomic mass is 10.3. The number of hydrogen-bond acceptors (Lipinski definition) is 3. The van der Waals surface area contributed by atoms with Crippen molar-refractivity contribution in [2.45, 2.75) is 17.9 Å². The smallest absolute Gasteiger partial charge is 0.244 e. The lowest BCUT2D eigenvalue weighted by Gasteiger charge is -2.31. The number of benzene rings is 1. The molecule has 1 aliphatic heterocycles. The van der Waals surface area contributed by atoms with Crippen LogP contribution in [0.5, 0.6) is 0 Å². The zero-order chi connectivity index (χ0) is 14.2. The van der Waals surface area contributed by atoms with Crippen LogP contribution in [0.15, 0.2) is 21.5 Å². The van der Waals surface area contributed by atoms with Gasteiger partial charge in [0.15, 0.2) is 0 Å². The van der Waals surface area contributed by atoms with Crippen LogP contribution in [0.25, 0.3) is 0 Å². The molecule has 0 spiro atoms. The second-order valence-corrected chi connectivity index (χ2v) is 7.91. The van der Waals surface area contributed by atoms with E-state index in [2.05, 4.69) is 21.2 Å². The molecule has 0 aliphatic carbocycles. The van der Waals surface area contributed by atoms with Crippen LogP contribution in [-0.4, -0.2) is 38.4 Å². The predicted octanol–water partition coefficient (Wildman–Crippen LogP) is 3.16. The van der Waals surface area contributed by atoms with E-state index >= 15 is 0 Å². The molecule has 1 fully saturated rings. The SMILES string of the molecule is CC1CN(S(=O)(=O)c2ccc(Br)c(Cl)c2Cl)CCN1.Cl. The Morgan fingerprint density at radius 2 is 2.00 bits per heavy atom. The molecule has 1 aliphatic rings. The van der Waals surface area contributed by atoms with Gasteiger partial charge in [-0.2, -0.15) is 4.31 Å². The lowest BCUT2D eigenvalue weighted by molar-refractivity contribution is 0.310. The fourth-order valence-electron chi connectivity index (χ4n) is 1.96. The van der Waals surface area contributed by atoms with Gasteiger partial charge in [-0.15, -0.1) is 12.4 Å². The summed E-state index contributed by atoms with van der Waals surface area (Å²) in [4.78, 5) is 0.0523. The molecule has 0 radical (unpaired) electrons. The van der Waals surface area contributed by atoms with E-state index in [1.54, 1.807) is 6.07 Å². The molecule has 20 heavy (non-hydrogen) atoms. The van der Waals surface area contributed by atoms with Crippen molar-refractivity contribution in [3.63, 3.8) is 0 Å². The van der Waals surface area contributed by atoms with Gasteiger partial charge in [0.2, 0.25) is 10.0 Å². The van der Waals surface area contributed by atoms with Crippen molar-refractivity contribution in [3.05, 3.63) is 26.7 Å². The van der Waals surface area contributed by atoms with Crippen LogP contribution >= 0.6 is 51.5 Å². The minimum absolute atomic E-state index is 0. The van der Waals surface area contributed by atoms with Crippen LogP contribution in [0.3, 0.4) is 0 Å². The summed E-state index contributed by atoms with van der Waals surface area (Å²) >= 11 is 15.3. The summed E-state index contributed by atoms with van der Waals surface area (Å²) < 4.78 is 27.1. The molecule has 0 saturated carbocycles. The van der Waals surface area contributed by atoms with E-state index in [-0.39, 0.29) is 33.4 Å². The first kappa shape index (κ1) is 18.5. The Kier molecular flexibility index (Phi) is 6.59. The van der Waals surface area contributed by atoms with Crippen LogP contribution in [-0.2, 0) is 10.0 Å². The quantitative estimate of drug-likeness (QED) is 0.742. The maximum absolute atomic E-state index is 12.6. The van der Waals surface area contributed by atoms with Crippen molar-refractivity contribution in [3.8, 4) is 0 Å². The summed E-state index contributed by atoms with van der Waals surface area (Å²) in [5.74, 6) is 0. The first-order chi connectivity index (χ1) is 8.84. The Hall–Kier alpha value is 0.440. The minimum Gasteiger partial charge on any atom is -0.312 e. The summed E-state index contributed by atoms with van der Waals surface area (Å²) in [5, 5.41) is 3.47. The van der Waals surface area contributed by atoms with Crippen molar-refractivity contribution < 1.29 is 8.42 Å². The molecule has 1 unspecified atom stereocenters. The van der Waals surface area contributed by atoms with Crippen LogP contribution in [0, 0.1) is 0 Å². The largest absolute Gasteiger partial charge is 0.312 e. The fraction of sp³-hybridized carbons (Fsp3) is 0.455. The number of nitrogens with one attached hydrogen (secondary N) is 1. The van der Waals surface area contributed by atoms with Gasteiger partial charge >= 0.3 is 0 Å². The second kappa shape index (κ2) is 7.13. The molecule has 1 aromatic carbocycles. The van der Waals surface area contributed by atoms with Gasteiger partial charge in [-0.3, -0.25) is 0 Å². The molecule has 1 heterocycles. The van der Waals surface area contributed by atoms with Gasteiger partial charge in [-0.1, -0.05) is 23.2 Å². The fourth-order valence-corrected chi connectivity index (χ4v) is 4.68. The van der Waals surface area contributed by atoms with Gasteiger partial charge in [-0.25, -0.2) is 8.42 Å². The Balaban J connectivity index is 0.00000200. The van der Waals surface area contributed by atoms with Gasteiger partial charge in [0, 0.05) is 30.1 Å². The summed E-state index contributed by atoms with van der Waals surface area (Å²) in [5.41, 5.74) is 0. The number of sulfonamides is 1. The average molecular weight is 425 g/mol. The van der Waals surface area contributed by atoms with Crippen LogP contribution in [0.4, 0.5) is 0 Å². The zero-order valence-electron chi connectivity index (χ0n) is 10.6. The van der Waals surface area contributed by atoms with Crippen LogP contribution in [0.1, 0.15) is 6.92 Å². The van der Waals surface area contributed by atoms with Crippen molar-refractivity contribution in [2.75, 3.05) is 19.6 Å². The third-order valence-corrected chi connectivity index (χ3v) is 6.74. The maximum atomic E-state index is 12.6.